The third-order valence-electron chi connectivity index (χ3n) is 8.74. The van der Waals surface area contributed by atoms with E-state index in [2.05, 4.69) is 98.9 Å². The standard InChI is InChI=1S/C45H70O11/c1-3-5-7-9-11-13-15-17-18-19-20-22-23-25-27-29-31-33-38(46)53-35-37(36-54-45-42(50)40(48)41(49)43(56-45)44(51)52)55-39(47)34-32-30-28-26-24-21-16-14-12-10-8-6-4-2/h5-8,11-14,17-18,20-22,24,37,40-43,45,48-50H,3-4,9-10,15-16,19,23,25-36H2,1-2H3,(H,51,52)/b7-5-,8-6-,13-11-,14-12-,18-17-,22-20-,24-21-. The zero-order valence-corrected chi connectivity index (χ0v) is 33.8. The minimum absolute atomic E-state index is 0.137. The van der Waals surface area contributed by atoms with E-state index < -0.39 is 61.3 Å². The average Bonchev–Trinajstić information content (AvgIpc) is 3.18. The van der Waals surface area contributed by atoms with Crippen LogP contribution in [0.25, 0.3) is 0 Å². The van der Waals surface area contributed by atoms with Crippen LogP contribution in [0.5, 0.6) is 0 Å². The summed E-state index contributed by atoms with van der Waals surface area (Å²) in [5.74, 6) is -2.53. The van der Waals surface area contributed by atoms with Crippen molar-refractivity contribution in [3.05, 3.63) is 85.1 Å². The van der Waals surface area contributed by atoms with Crippen LogP contribution in [0, 0.1) is 0 Å². The van der Waals surface area contributed by atoms with E-state index in [1.807, 2.05) is 0 Å². The molecule has 0 amide bonds. The maximum Gasteiger partial charge on any atom is 0.335 e. The molecule has 1 aliphatic rings. The average molecular weight is 787 g/mol. The van der Waals surface area contributed by atoms with Crippen LogP contribution in [0.15, 0.2) is 85.1 Å². The van der Waals surface area contributed by atoms with Crippen molar-refractivity contribution in [2.45, 2.75) is 166 Å². The highest BCUT2D eigenvalue weighted by atomic mass is 16.7. The molecule has 11 heteroatoms. The van der Waals surface area contributed by atoms with Crippen molar-refractivity contribution < 1.29 is 53.8 Å². The normalized spacial score (nSPS) is 21.2. The van der Waals surface area contributed by atoms with Gasteiger partial charge in [0.25, 0.3) is 0 Å². The predicted octanol–water partition coefficient (Wildman–Crippen LogP) is 8.31. The van der Waals surface area contributed by atoms with Crippen LogP contribution in [0.2, 0.25) is 0 Å². The number of allylic oxidation sites excluding steroid dienone is 14. The third kappa shape index (κ3) is 26.3. The van der Waals surface area contributed by atoms with E-state index in [0.717, 1.165) is 89.9 Å². The summed E-state index contributed by atoms with van der Waals surface area (Å²) in [5, 5.41) is 39.7. The lowest BCUT2D eigenvalue weighted by molar-refractivity contribution is -0.298. The first-order valence-electron chi connectivity index (χ1n) is 20.6. The quantitative estimate of drug-likeness (QED) is 0.0294. The van der Waals surface area contributed by atoms with Gasteiger partial charge >= 0.3 is 17.9 Å². The second-order valence-electron chi connectivity index (χ2n) is 13.7. The minimum Gasteiger partial charge on any atom is -0.479 e. The largest absolute Gasteiger partial charge is 0.479 e. The van der Waals surface area contributed by atoms with E-state index in [-0.39, 0.29) is 19.4 Å². The van der Waals surface area contributed by atoms with Gasteiger partial charge in [-0.25, -0.2) is 4.79 Å². The first-order valence-corrected chi connectivity index (χ1v) is 20.6. The molecule has 0 aromatic rings. The highest BCUT2D eigenvalue weighted by Gasteiger charge is 2.47. The molecule has 0 radical (unpaired) electrons. The molecule has 316 valence electrons. The van der Waals surface area contributed by atoms with Crippen LogP contribution >= 0.6 is 0 Å². The molecule has 0 aromatic heterocycles. The number of unbranched alkanes of at least 4 members (excludes halogenated alkanes) is 7. The lowest BCUT2D eigenvalue weighted by Gasteiger charge is -2.38. The molecule has 4 N–H and O–H groups in total. The summed E-state index contributed by atoms with van der Waals surface area (Å²) < 4.78 is 21.6. The molecule has 1 fully saturated rings. The Bertz CT molecular complexity index is 1250. The number of carbonyl (C=O) groups excluding carboxylic acids is 2. The van der Waals surface area contributed by atoms with Crippen LogP contribution in [0.1, 0.15) is 129 Å². The first kappa shape index (κ1) is 50.4. The number of carboxylic acids is 1. The Labute approximate surface area is 335 Å². The smallest absolute Gasteiger partial charge is 0.335 e. The maximum atomic E-state index is 12.7. The molecule has 6 unspecified atom stereocenters. The van der Waals surface area contributed by atoms with E-state index in [4.69, 9.17) is 18.9 Å². The van der Waals surface area contributed by atoms with Gasteiger partial charge in [-0.05, 0) is 83.5 Å². The zero-order chi connectivity index (χ0) is 41.1. The molecule has 1 rings (SSSR count). The number of hydrogen-bond acceptors (Lipinski definition) is 10. The Balaban J connectivity index is 2.45. The first-order chi connectivity index (χ1) is 27.2. The summed E-state index contributed by atoms with van der Waals surface area (Å²) in [5.41, 5.74) is 0. The number of aliphatic hydroxyl groups excluding tert-OH is 3. The molecule has 1 saturated heterocycles. The van der Waals surface area contributed by atoms with Crippen LogP contribution in [-0.2, 0) is 33.3 Å². The molecule has 0 aliphatic carbocycles. The van der Waals surface area contributed by atoms with Crippen LogP contribution < -0.4 is 0 Å². The van der Waals surface area contributed by atoms with Crippen molar-refractivity contribution in [1.29, 1.82) is 0 Å². The Morgan fingerprint density at radius 2 is 1.00 bits per heavy atom. The van der Waals surface area contributed by atoms with Gasteiger partial charge in [0.1, 0.15) is 24.9 Å². The van der Waals surface area contributed by atoms with Gasteiger partial charge in [-0.2, -0.15) is 0 Å². The summed E-state index contributed by atoms with van der Waals surface area (Å²) in [6.45, 7) is 3.50. The van der Waals surface area contributed by atoms with Gasteiger partial charge in [0.05, 0.1) is 6.61 Å². The van der Waals surface area contributed by atoms with Crippen molar-refractivity contribution >= 4 is 17.9 Å². The topological polar surface area (TPSA) is 169 Å². The van der Waals surface area contributed by atoms with Crippen LogP contribution in [-0.4, -0.2) is 88.4 Å². The van der Waals surface area contributed by atoms with Crippen LogP contribution in [0.4, 0.5) is 0 Å². The Kier molecular flexibility index (Phi) is 31.2. The minimum atomic E-state index is -1.87. The number of aliphatic hydroxyl groups is 3. The number of hydrogen-bond donors (Lipinski definition) is 4. The molecular weight excluding hydrogens is 716 g/mol. The molecular formula is C45H70O11. The van der Waals surface area contributed by atoms with Gasteiger partial charge in [0.15, 0.2) is 18.5 Å². The third-order valence-corrected chi connectivity index (χ3v) is 8.74. The highest BCUT2D eigenvalue weighted by Crippen LogP contribution is 2.23. The fourth-order valence-electron chi connectivity index (χ4n) is 5.53. The van der Waals surface area contributed by atoms with Crippen LogP contribution in [0.3, 0.4) is 0 Å². The van der Waals surface area contributed by atoms with Gasteiger partial charge in [-0.3, -0.25) is 9.59 Å². The summed E-state index contributed by atoms with van der Waals surface area (Å²) in [7, 11) is 0. The van der Waals surface area contributed by atoms with E-state index in [9.17, 15) is 34.8 Å². The fraction of sp³-hybridized carbons (Fsp3) is 0.622. The lowest BCUT2D eigenvalue weighted by atomic mass is 9.99. The number of aliphatic carboxylic acids is 1. The molecule has 1 heterocycles. The van der Waals surface area contributed by atoms with E-state index in [1.165, 1.54) is 0 Å². The molecule has 0 saturated carbocycles. The van der Waals surface area contributed by atoms with Crippen molar-refractivity contribution in [3.63, 3.8) is 0 Å². The SMILES string of the molecule is CC/C=C\C/C=C\C/C=C\C/C=C\CCCCCCC(=O)OCC(COC1OC(C(=O)O)C(O)C(O)C1O)OC(=O)CCCCC/C=C\C/C=C\C/C=C\CC. The van der Waals surface area contributed by atoms with Gasteiger partial charge in [0.2, 0.25) is 0 Å². The highest BCUT2D eigenvalue weighted by molar-refractivity contribution is 5.73. The van der Waals surface area contributed by atoms with E-state index >= 15 is 0 Å². The number of esters is 2. The van der Waals surface area contributed by atoms with Gasteiger partial charge in [-0.15, -0.1) is 0 Å². The summed E-state index contributed by atoms with van der Waals surface area (Å²) >= 11 is 0. The lowest BCUT2D eigenvalue weighted by Crippen LogP contribution is -2.60. The molecule has 0 bridgehead atoms. The molecule has 0 spiro atoms. The van der Waals surface area contributed by atoms with Crippen molar-refractivity contribution in [1.82, 2.24) is 0 Å². The fourth-order valence-corrected chi connectivity index (χ4v) is 5.53. The van der Waals surface area contributed by atoms with Crippen molar-refractivity contribution in [2.24, 2.45) is 0 Å². The van der Waals surface area contributed by atoms with Gasteiger partial charge in [-0.1, -0.05) is 118 Å². The summed E-state index contributed by atoms with van der Waals surface area (Å²) in [4.78, 5) is 36.7. The number of rotatable bonds is 32. The second-order valence-corrected chi connectivity index (χ2v) is 13.7. The second kappa shape index (κ2) is 34.6. The molecule has 11 nitrogen and oxygen atoms in total. The van der Waals surface area contributed by atoms with Gasteiger partial charge < -0.3 is 39.4 Å². The van der Waals surface area contributed by atoms with Gasteiger partial charge in [0, 0.05) is 12.8 Å². The maximum absolute atomic E-state index is 12.7. The predicted molar refractivity (Wildman–Crippen MR) is 220 cm³/mol. The summed E-state index contributed by atoms with van der Waals surface area (Å²) in [6.07, 6.45) is 35.0. The molecule has 56 heavy (non-hydrogen) atoms. The molecule has 0 aromatic carbocycles. The monoisotopic (exact) mass is 786 g/mol. The number of ether oxygens (including phenoxy) is 4. The molecule has 6 atom stereocenters. The zero-order valence-electron chi connectivity index (χ0n) is 33.8. The number of carbonyl (C=O) groups is 3. The van der Waals surface area contributed by atoms with Crippen molar-refractivity contribution in [2.75, 3.05) is 13.2 Å². The Hall–Kier alpha value is -3.61. The Morgan fingerprint density at radius 3 is 1.50 bits per heavy atom. The van der Waals surface area contributed by atoms with Crippen molar-refractivity contribution in [3.8, 4) is 0 Å². The van der Waals surface area contributed by atoms with E-state index in [1.54, 1.807) is 0 Å². The Morgan fingerprint density at radius 1 is 0.554 bits per heavy atom. The molecule has 1 aliphatic heterocycles. The number of carboxylic acid groups (broad SMARTS) is 1. The summed E-state index contributed by atoms with van der Waals surface area (Å²) in [6, 6.07) is 0. The van der Waals surface area contributed by atoms with E-state index in [0.29, 0.717) is 12.8 Å².